The van der Waals surface area contributed by atoms with Crippen LogP contribution in [0.25, 0.3) is 0 Å². The molecule has 1 saturated heterocycles. The van der Waals surface area contributed by atoms with Crippen molar-refractivity contribution >= 4 is 0 Å². The van der Waals surface area contributed by atoms with Crippen LogP contribution in [0.1, 0.15) is 45.5 Å². The summed E-state index contributed by atoms with van der Waals surface area (Å²) in [6, 6.07) is 4.37. The fraction of sp³-hybridized carbons (Fsp3) is 0.750. The van der Waals surface area contributed by atoms with E-state index in [1.54, 1.807) is 6.26 Å². The van der Waals surface area contributed by atoms with Crippen molar-refractivity contribution in [2.24, 2.45) is 11.3 Å². The van der Waals surface area contributed by atoms with Gasteiger partial charge in [-0.25, -0.2) is 0 Å². The quantitative estimate of drug-likeness (QED) is 0.869. The Morgan fingerprint density at radius 1 is 1.50 bits per heavy atom. The third kappa shape index (κ3) is 2.30. The summed E-state index contributed by atoms with van der Waals surface area (Å²) in [4.78, 5) is 0. The number of aliphatic hydroxyl groups is 1. The van der Waals surface area contributed by atoms with Crippen molar-refractivity contribution < 1.29 is 14.3 Å². The zero-order valence-corrected chi connectivity index (χ0v) is 12.5. The second kappa shape index (κ2) is 5.17. The van der Waals surface area contributed by atoms with E-state index in [0.717, 1.165) is 13.0 Å². The normalized spacial score (nSPS) is 34.3. The van der Waals surface area contributed by atoms with Crippen LogP contribution in [0.5, 0.6) is 0 Å². The number of hydrogen-bond donors (Lipinski definition) is 2. The summed E-state index contributed by atoms with van der Waals surface area (Å²) in [6.07, 6.45) is 3.29. The Hall–Kier alpha value is -0.840. The van der Waals surface area contributed by atoms with E-state index in [0.29, 0.717) is 30.2 Å². The lowest BCUT2D eigenvalue weighted by Crippen LogP contribution is -2.67. The molecule has 0 aromatic carbocycles. The summed E-state index contributed by atoms with van der Waals surface area (Å²) in [6.45, 7) is 7.56. The van der Waals surface area contributed by atoms with E-state index >= 15 is 0 Å². The van der Waals surface area contributed by atoms with E-state index in [4.69, 9.17) is 9.15 Å². The molecule has 0 amide bonds. The molecule has 3 rings (SSSR count). The second-order valence-corrected chi connectivity index (χ2v) is 6.88. The number of fused-ring (bicyclic) bond motifs is 1. The van der Waals surface area contributed by atoms with Gasteiger partial charge >= 0.3 is 0 Å². The van der Waals surface area contributed by atoms with Crippen molar-refractivity contribution in [2.45, 2.75) is 57.9 Å². The summed E-state index contributed by atoms with van der Waals surface area (Å²) in [5.41, 5.74) is 0.186. The van der Waals surface area contributed by atoms with Crippen LogP contribution in [0, 0.1) is 11.3 Å². The standard InChI is InChI=1S/C16H25NO3/c1-10(9-12(18)13-5-4-7-19-13)17-14-11-6-8-20-15(11)16(14,2)3/h4-5,7,10-12,14-15,17-18H,6,8-9H2,1-3H3. The Bertz CT molecular complexity index is 443. The molecule has 0 radical (unpaired) electrons. The van der Waals surface area contributed by atoms with Gasteiger partial charge in [-0.3, -0.25) is 0 Å². The predicted octanol–water partition coefficient (Wildman–Crippen LogP) is 2.49. The molecule has 1 aromatic heterocycles. The van der Waals surface area contributed by atoms with Gasteiger partial charge in [0.1, 0.15) is 11.9 Å². The second-order valence-electron chi connectivity index (χ2n) is 6.88. The number of hydrogen-bond acceptors (Lipinski definition) is 4. The maximum absolute atomic E-state index is 10.1. The van der Waals surface area contributed by atoms with Crippen LogP contribution in [0.4, 0.5) is 0 Å². The molecule has 4 nitrogen and oxygen atoms in total. The minimum absolute atomic E-state index is 0.186. The largest absolute Gasteiger partial charge is 0.467 e. The maximum atomic E-state index is 10.1. The Balaban J connectivity index is 1.55. The average Bonchev–Trinajstić information content (AvgIpc) is 3.06. The number of ether oxygens (including phenoxy) is 1. The molecule has 1 aliphatic carbocycles. The van der Waals surface area contributed by atoms with E-state index in [9.17, 15) is 5.11 Å². The summed E-state index contributed by atoms with van der Waals surface area (Å²) >= 11 is 0. The highest BCUT2D eigenvalue weighted by atomic mass is 16.5. The van der Waals surface area contributed by atoms with Gasteiger partial charge < -0.3 is 19.6 Å². The number of rotatable bonds is 5. The molecule has 4 heteroatoms. The molecule has 1 aliphatic heterocycles. The van der Waals surface area contributed by atoms with Gasteiger partial charge in [-0.2, -0.15) is 0 Å². The molecule has 2 fully saturated rings. The lowest BCUT2D eigenvalue weighted by atomic mass is 9.57. The Morgan fingerprint density at radius 2 is 2.30 bits per heavy atom. The van der Waals surface area contributed by atoms with Crippen LogP contribution in [-0.4, -0.2) is 29.9 Å². The molecule has 1 aromatic rings. The van der Waals surface area contributed by atoms with Gasteiger partial charge in [0.05, 0.1) is 12.4 Å². The van der Waals surface area contributed by atoms with Crippen molar-refractivity contribution in [3.63, 3.8) is 0 Å². The van der Waals surface area contributed by atoms with Crippen LogP contribution in [0.15, 0.2) is 22.8 Å². The van der Waals surface area contributed by atoms with Crippen molar-refractivity contribution in [1.82, 2.24) is 5.32 Å². The average molecular weight is 279 g/mol. The summed E-state index contributed by atoms with van der Waals surface area (Å²) in [5, 5.41) is 13.8. The third-order valence-electron chi connectivity index (χ3n) is 5.01. The van der Waals surface area contributed by atoms with Crippen molar-refractivity contribution in [2.75, 3.05) is 6.61 Å². The van der Waals surface area contributed by atoms with E-state index in [-0.39, 0.29) is 11.5 Å². The van der Waals surface area contributed by atoms with Gasteiger partial charge in [0, 0.05) is 30.0 Å². The topological polar surface area (TPSA) is 54.6 Å². The van der Waals surface area contributed by atoms with E-state index in [2.05, 4.69) is 26.1 Å². The first kappa shape index (κ1) is 14.1. The predicted molar refractivity (Wildman–Crippen MR) is 76.3 cm³/mol. The molecule has 2 heterocycles. The molecule has 2 N–H and O–H groups in total. The lowest BCUT2D eigenvalue weighted by Gasteiger charge is -2.55. The maximum Gasteiger partial charge on any atom is 0.132 e. The molecule has 112 valence electrons. The van der Waals surface area contributed by atoms with Crippen molar-refractivity contribution in [1.29, 1.82) is 0 Å². The zero-order valence-electron chi connectivity index (χ0n) is 12.5. The number of nitrogens with one attached hydrogen (secondary N) is 1. The lowest BCUT2D eigenvalue weighted by molar-refractivity contribution is -0.116. The van der Waals surface area contributed by atoms with E-state index in [1.165, 1.54) is 0 Å². The SMILES string of the molecule is CC(CC(O)c1ccco1)NC1C2CCOC2C1(C)C. The molecule has 5 atom stereocenters. The monoisotopic (exact) mass is 279 g/mol. The zero-order chi connectivity index (χ0) is 14.3. The highest BCUT2D eigenvalue weighted by Crippen LogP contribution is 2.52. The van der Waals surface area contributed by atoms with Gasteiger partial charge in [-0.15, -0.1) is 0 Å². The Kier molecular flexibility index (Phi) is 3.65. The van der Waals surface area contributed by atoms with E-state index < -0.39 is 6.10 Å². The third-order valence-corrected chi connectivity index (χ3v) is 5.01. The van der Waals surface area contributed by atoms with Crippen molar-refractivity contribution in [3.05, 3.63) is 24.2 Å². The first-order chi connectivity index (χ1) is 9.50. The van der Waals surface area contributed by atoms with Crippen LogP contribution in [0.3, 0.4) is 0 Å². The number of furan rings is 1. The molecule has 5 unspecified atom stereocenters. The van der Waals surface area contributed by atoms with Gasteiger partial charge in [0.25, 0.3) is 0 Å². The first-order valence-corrected chi connectivity index (χ1v) is 7.59. The summed E-state index contributed by atoms with van der Waals surface area (Å²) in [7, 11) is 0. The molecular weight excluding hydrogens is 254 g/mol. The van der Waals surface area contributed by atoms with Gasteiger partial charge in [-0.05, 0) is 31.9 Å². The molecule has 2 aliphatic rings. The fourth-order valence-corrected chi connectivity index (χ4v) is 3.97. The fourth-order valence-electron chi connectivity index (χ4n) is 3.97. The molecule has 20 heavy (non-hydrogen) atoms. The molecule has 0 spiro atoms. The summed E-state index contributed by atoms with van der Waals surface area (Å²) < 4.78 is 11.1. The molecule has 0 bridgehead atoms. The van der Waals surface area contributed by atoms with Gasteiger partial charge in [0.15, 0.2) is 0 Å². The Morgan fingerprint density at radius 3 is 3.00 bits per heavy atom. The van der Waals surface area contributed by atoms with E-state index in [1.807, 2.05) is 12.1 Å². The minimum atomic E-state index is -0.536. The summed E-state index contributed by atoms with van der Waals surface area (Å²) in [5.74, 6) is 1.28. The highest BCUT2D eigenvalue weighted by molar-refractivity contribution is 5.12. The smallest absolute Gasteiger partial charge is 0.132 e. The molecule has 1 saturated carbocycles. The highest BCUT2D eigenvalue weighted by Gasteiger charge is 2.59. The first-order valence-electron chi connectivity index (χ1n) is 7.59. The van der Waals surface area contributed by atoms with Crippen LogP contribution < -0.4 is 5.32 Å². The van der Waals surface area contributed by atoms with Crippen LogP contribution in [0.2, 0.25) is 0 Å². The van der Waals surface area contributed by atoms with Crippen LogP contribution in [-0.2, 0) is 4.74 Å². The van der Waals surface area contributed by atoms with Gasteiger partial charge in [0.2, 0.25) is 0 Å². The molecular formula is C16H25NO3. The minimum Gasteiger partial charge on any atom is -0.467 e. The van der Waals surface area contributed by atoms with Crippen LogP contribution >= 0.6 is 0 Å². The Labute approximate surface area is 120 Å². The number of aliphatic hydroxyl groups excluding tert-OH is 1. The van der Waals surface area contributed by atoms with Crippen molar-refractivity contribution in [3.8, 4) is 0 Å². The van der Waals surface area contributed by atoms with Gasteiger partial charge in [-0.1, -0.05) is 13.8 Å².